The molecule has 0 aliphatic carbocycles. The van der Waals surface area contributed by atoms with Gasteiger partial charge in [0.25, 0.3) is 0 Å². The van der Waals surface area contributed by atoms with Crippen molar-refractivity contribution < 1.29 is 23.8 Å². The van der Waals surface area contributed by atoms with Crippen LogP contribution < -0.4 is 10.4 Å². The summed E-state index contributed by atoms with van der Waals surface area (Å²) >= 11 is 0. The lowest BCUT2D eigenvalue weighted by atomic mass is 9.83. The van der Waals surface area contributed by atoms with Crippen LogP contribution in [0.15, 0.2) is 21.3 Å². The Hall–Kier alpha value is -2.34. The molecule has 1 spiro atoms. The summed E-state index contributed by atoms with van der Waals surface area (Å²) in [7, 11) is 0. The Kier molecular flexibility index (Phi) is 3.44. The van der Waals surface area contributed by atoms with Gasteiger partial charge in [-0.05, 0) is 37.8 Å². The number of benzene rings is 1. The monoisotopic (exact) mass is 344 g/mol. The van der Waals surface area contributed by atoms with Crippen LogP contribution in [-0.2, 0) is 16.0 Å². The molecule has 0 amide bonds. The van der Waals surface area contributed by atoms with Crippen molar-refractivity contribution in [3.8, 4) is 11.5 Å². The van der Waals surface area contributed by atoms with Crippen molar-refractivity contribution >= 4 is 16.6 Å². The van der Waals surface area contributed by atoms with E-state index in [1.165, 1.54) is 0 Å². The summed E-state index contributed by atoms with van der Waals surface area (Å²) in [5.41, 5.74) is -0.0167. The molecule has 2 aromatic rings. The van der Waals surface area contributed by atoms with Gasteiger partial charge >= 0.3 is 5.63 Å². The minimum absolute atomic E-state index is 0.107. The molecule has 4 rings (SSSR count). The molecule has 0 saturated carbocycles. The van der Waals surface area contributed by atoms with Crippen LogP contribution >= 0.6 is 0 Å². The van der Waals surface area contributed by atoms with Crippen LogP contribution in [-0.4, -0.2) is 22.8 Å². The van der Waals surface area contributed by atoms with Crippen LogP contribution in [0.3, 0.4) is 0 Å². The molecule has 1 saturated heterocycles. The molecule has 3 unspecified atom stereocenters. The quantitative estimate of drug-likeness (QED) is 0.791. The van der Waals surface area contributed by atoms with Gasteiger partial charge in [-0.25, -0.2) is 4.79 Å². The average molecular weight is 344 g/mol. The number of hydrogen-bond donors (Lipinski definition) is 1. The molecular formula is C19H20O6. The van der Waals surface area contributed by atoms with Crippen molar-refractivity contribution in [1.82, 2.24) is 0 Å². The fraction of sp³-hybridized carbons (Fsp3) is 0.474. The lowest BCUT2D eigenvalue weighted by molar-refractivity contribution is -0.255. The van der Waals surface area contributed by atoms with E-state index in [-0.39, 0.29) is 35.4 Å². The Morgan fingerprint density at radius 2 is 1.96 bits per heavy atom. The van der Waals surface area contributed by atoms with Gasteiger partial charge in [0.05, 0.1) is 12.5 Å². The summed E-state index contributed by atoms with van der Waals surface area (Å²) in [6.45, 7) is 5.46. The van der Waals surface area contributed by atoms with E-state index in [0.29, 0.717) is 35.3 Å². The Bertz CT molecular complexity index is 943. The number of phenols is 1. The number of aromatic hydroxyl groups is 1. The molecule has 0 bridgehead atoms. The van der Waals surface area contributed by atoms with Crippen molar-refractivity contribution in [2.75, 3.05) is 0 Å². The number of ketones is 1. The number of phenolic OH excluding ortho intramolecular Hbond substituents is 1. The third-order valence-corrected chi connectivity index (χ3v) is 5.12. The van der Waals surface area contributed by atoms with E-state index in [0.717, 1.165) is 0 Å². The van der Waals surface area contributed by atoms with Crippen LogP contribution in [0.4, 0.5) is 0 Å². The van der Waals surface area contributed by atoms with E-state index in [9.17, 15) is 14.7 Å². The zero-order valence-electron chi connectivity index (χ0n) is 14.4. The number of hydrogen-bond acceptors (Lipinski definition) is 6. The molecule has 3 atom stereocenters. The SMILES string of the molecule is Cc1cc2cc3c(c(O)c2c(=O)o1)CC(C)C1(CC(=O)CC(C)O1)O3. The third-order valence-electron chi connectivity index (χ3n) is 5.12. The van der Waals surface area contributed by atoms with Gasteiger partial charge in [0.1, 0.15) is 28.4 Å². The van der Waals surface area contributed by atoms with Gasteiger partial charge in [0.2, 0.25) is 5.79 Å². The summed E-state index contributed by atoms with van der Waals surface area (Å²) in [5.74, 6) is -0.263. The van der Waals surface area contributed by atoms with Gasteiger partial charge in [-0.1, -0.05) is 6.92 Å². The number of carbonyl (C=O) groups excluding carboxylic acids is 1. The van der Waals surface area contributed by atoms with Gasteiger partial charge in [-0.15, -0.1) is 0 Å². The molecule has 0 radical (unpaired) electrons. The minimum Gasteiger partial charge on any atom is -0.507 e. The first-order valence-corrected chi connectivity index (χ1v) is 8.47. The highest BCUT2D eigenvalue weighted by atomic mass is 16.7. The maximum absolute atomic E-state index is 12.1. The molecule has 25 heavy (non-hydrogen) atoms. The smallest absolute Gasteiger partial charge is 0.347 e. The molecule has 132 valence electrons. The summed E-state index contributed by atoms with van der Waals surface area (Å²) in [4.78, 5) is 24.2. The van der Waals surface area contributed by atoms with E-state index < -0.39 is 11.4 Å². The lowest BCUT2D eigenvalue weighted by Gasteiger charge is -2.46. The van der Waals surface area contributed by atoms with Gasteiger partial charge < -0.3 is 19.0 Å². The highest BCUT2D eigenvalue weighted by molar-refractivity contribution is 5.90. The second kappa shape index (κ2) is 5.33. The number of carbonyl (C=O) groups is 1. The van der Waals surface area contributed by atoms with Crippen molar-refractivity contribution in [1.29, 1.82) is 0 Å². The molecule has 1 aromatic carbocycles. The highest BCUT2D eigenvalue weighted by Crippen LogP contribution is 2.47. The number of ether oxygens (including phenoxy) is 2. The highest BCUT2D eigenvalue weighted by Gasteiger charge is 2.49. The summed E-state index contributed by atoms with van der Waals surface area (Å²) in [5, 5.41) is 11.3. The molecule has 2 aliphatic rings. The largest absolute Gasteiger partial charge is 0.507 e. The molecule has 1 fully saturated rings. The zero-order chi connectivity index (χ0) is 17.9. The van der Waals surface area contributed by atoms with Crippen LogP contribution in [0.25, 0.3) is 10.8 Å². The first-order valence-electron chi connectivity index (χ1n) is 8.47. The predicted octanol–water partition coefficient (Wildman–Crippen LogP) is 2.84. The van der Waals surface area contributed by atoms with Crippen LogP contribution in [0, 0.1) is 12.8 Å². The molecule has 6 nitrogen and oxygen atoms in total. The molecule has 2 aliphatic heterocycles. The summed E-state index contributed by atoms with van der Waals surface area (Å²) in [6, 6.07) is 3.40. The Labute approximate surface area is 144 Å². The second-order valence-electron chi connectivity index (χ2n) is 7.18. The van der Waals surface area contributed by atoms with E-state index in [1.807, 2.05) is 13.8 Å². The average Bonchev–Trinajstić information content (AvgIpc) is 2.47. The third kappa shape index (κ3) is 2.43. The minimum atomic E-state index is -1.02. The first kappa shape index (κ1) is 16.1. The van der Waals surface area contributed by atoms with Gasteiger partial charge in [0, 0.05) is 17.9 Å². The second-order valence-corrected chi connectivity index (χ2v) is 7.18. The van der Waals surface area contributed by atoms with Crippen molar-refractivity contribution in [3.05, 3.63) is 33.9 Å². The molecule has 3 heterocycles. The zero-order valence-corrected chi connectivity index (χ0v) is 14.4. The van der Waals surface area contributed by atoms with Gasteiger partial charge in [-0.2, -0.15) is 0 Å². The summed E-state index contributed by atoms with van der Waals surface area (Å²) < 4.78 is 17.3. The van der Waals surface area contributed by atoms with Crippen molar-refractivity contribution in [3.63, 3.8) is 0 Å². The molecule has 6 heteroatoms. The van der Waals surface area contributed by atoms with E-state index in [2.05, 4.69) is 0 Å². The number of aryl methyl sites for hydroxylation is 1. The van der Waals surface area contributed by atoms with Gasteiger partial charge in [0.15, 0.2) is 0 Å². The standard InChI is InChI=1S/C19H20O6/c1-9-4-14-15(25-19(9)8-13(20)6-11(3)24-19)7-12-5-10(2)23-18(22)16(12)17(14)21/h5,7,9,11,21H,4,6,8H2,1-3H3. The fourth-order valence-electron chi connectivity index (χ4n) is 3.96. The topological polar surface area (TPSA) is 86.0 Å². The maximum Gasteiger partial charge on any atom is 0.347 e. The van der Waals surface area contributed by atoms with Crippen molar-refractivity contribution in [2.24, 2.45) is 5.92 Å². The maximum atomic E-state index is 12.1. The predicted molar refractivity (Wildman–Crippen MR) is 89.9 cm³/mol. The van der Waals surface area contributed by atoms with E-state index >= 15 is 0 Å². The molecule has 1 aromatic heterocycles. The first-order chi connectivity index (χ1) is 11.8. The fourth-order valence-corrected chi connectivity index (χ4v) is 3.96. The number of Topliss-reactive ketones (excluding diaryl/α,β-unsaturated/α-hetero) is 1. The Morgan fingerprint density at radius 1 is 1.20 bits per heavy atom. The van der Waals surface area contributed by atoms with Crippen LogP contribution in [0.5, 0.6) is 11.5 Å². The van der Waals surface area contributed by atoms with Crippen LogP contribution in [0.1, 0.15) is 38.0 Å². The van der Waals surface area contributed by atoms with E-state index in [1.54, 1.807) is 19.1 Å². The van der Waals surface area contributed by atoms with E-state index in [4.69, 9.17) is 13.9 Å². The number of fused-ring (bicyclic) bond motifs is 2. The molecule has 1 N–H and O–H groups in total. The van der Waals surface area contributed by atoms with Crippen LogP contribution in [0.2, 0.25) is 0 Å². The summed E-state index contributed by atoms with van der Waals surface area (Å²) in [6.07, 6.45) is 0.805. The Balaban J connectivity index is 1.88. The van der Waals surface area contributed by atoms with Crippen molar-refractivity contribution in [2.45, 2.75) is 51.9 Å². The number of rotatable bonds is 0. The lowest BCUT2D eigenvalue weighted by Crippen LogP contribution is -2.54. The van der Waals surface area contributed by atoms with Gasteiger partial charge in [-0.3, -0.25) is 4.79 Å². The molecular weight excluding hydrogens is 324 g/mol. The normalized spacial score (nSPS) is 28.8. The Morgan fingerprint density at radius 3 is 2.68 bits per heavy atom.